The summed E-state index contributed by atoms with van der Waals surface area (Å²) in [6.07, 6.45) is 4.58. The maximum Gasteiger partial charge on any atom is 0.234 e. The summed E-state index contributed by atoms with van der Waals surface area (Å²) in [6, 6.07) is 0.504. The molecule has 1 aliphatic heterocycles. The first-order chi connectivity index (χ1) is 9.38. The molecule has 0 aromatic carbocycles. The molecule has 1 rings (SSSR count). The van der Waals surface area contributed by atoms with Gasteiger partial charge in [-0.05, 0) is 57.9 Å². The first-order valence-electron chi connectivity index (χ1n) is 8.15. The molecule has 0 aromatic rings. The van der Waals surface area contributed by atoms with Crippen molar-refractivity contribution >= 4 is 5.91 Å². The van der Waals surface area contributed by atoms with Crippen LogP contribution in [0.25, 0.3) is 0 Å². The molecule has 3 N–H and O–H groups in total. The maximum atomic E-state index is 12.1. The summed E-state index contributed by atoms with van der Waals surface area (Å²) in [5.41, 5.74) is 5.98. The summed E-state index contributed by atoms with van der Waals surface area (Å²) in [5.74, 6) is 1.39. The lowest BCUT2D eigenvalue weighted by Gasteiger charge is -2.34. The van der Waals surface area contributed by atoms with Crippen LogP contribution in [0.3, 0.4) is 0 Å². The fraction of sp³-hybridized carbons (Fsp3) is 0.938. The third-order valence-electron chi connectivity index (χ3n) is 4.24. The van der Waals surface area contributed by atoms with Gasteiger partial charge in [-0.15, -0.1) is 0 Å². The van der Waals surface area contributed by atoms with Gasteiger partial charge in [0.2, 0.25) is 5.91 Å². The molecule has 4 nitrogen and oxygen atoms in total. The molecule has 0 aromatic heterocycles. The van der Waals surface area contributed by atoms with Crippen molar-refractivity contribution in [3.05, 3.63) is 0 Å². The molecule has 0 bridgehead atoms. The molecule has 0 radical (unpaired) electrons. The average molecular weight is 283 g/mol. The van der Waals surface area contributed by atoms with E-state index in [1.807, 2.05) is 0 Å². The number of carbonyl (C=O) groups excluding carboxylic acids is 1. The molecule has 3 atom stereocenters. The van der Waals surface area contributed by atoms with Crippen molar-refractivity contribution in [1.82, 2.24) is 10.2 Å². The zero-order valence-electron chi connectivity index (χ0n) is 13.7. The Hall–Kier alpha value is -0.610. The van der Waals surface area contributed by atoms with E-state index in [-0.39, 0.29) is 18.0 Å². The minimum absolute atomic E-state index is 0.159. The van der Waals surface area contributed by atoms with E-state index in [0.717, 1.165) is 32.4 Å². The summed E-state index contributed by atoms with van der Waals surface area (Å²) < 4.78 is 0. The Kier molecular flexibility index (Phi) is 7.52. The van der Waals surface area contributed by atoms with Crippen LogP contribution in [0.15, 0.2) is 0 Å². The van der Waals surface area contributed by atoms with Gasteiger partial charge >= 0.3 is 0 Å². The molecule has 1 heterocycles. The lowest BCUT2D eigenvalue weighted by atomic mass is 9.92. The average Bonchev–Trinajstić information content (AvgIpc) is 2.36. The highest BCUT2D eigenvalue weighted by atomic mass is 16.2. The number of amides is 1. The van der Waals surface area contributed by atoms with Gasteiger partial charge in [-0.2, -0.15) is 0 Å². The predicted octanol–water partition coefficient (Wildman–Crippen LogP) is 1.99. The highest BCUT2D eigenvalue weighted by molar-refractivity contribution is 5.78. The van der Waals surface area contributed by atoms with Gasteiger partial charge in [-0.25, -0.2) is 0 Å². The van der Waals surface area contributed by atoms with Gasteiger partial charge in [0.1, 0.15) is 0 Å². The number of nitrogens with one attached hydrogen (secondary N) is 1. The standard InChI is InChI=1S/C16H33N3O/c1-12(2)7-8-13(3)18-16(20)11-19-9-5-6-15(10-19)14(4)17/h12-15H,5-11,17H2,1-4H3,(H,18,20). The van der Waals surface area contributed by atoms with Gasteiger partial charge in [0, 0.05) is 18.6 Å². The van der Waals surface area contributed by atoms with Crippen LogP contribution in [0.4, 0.5) is 0 Å². The van der Waals surface area contributed by atoms with Gasteiger partial charge in [-0.1, -0.05) is 13.8 Å². The zero-order valence-corrected chi connectivity index (χ0v) is 13.7. The van der Waals surface area contributed by atoms with Crippen molar-refractivity contribution < 1.29 is 4.79 Å². The van der Waals surface area contributed by atoms with Gasteiger partial charge < -0.3 is 11.1 Å². The van der Waals surface area contributed by atoms with Gasteiger partial charge in [0.25, 0.3) is 0 Å². The monoisotopic (exact) mass is 283 g/mol. The van der Waals surface area contributed by atoms with Crippen molar-refractivity contribution in [2.45, 2.75) is 65.5 Å². The number of nitrogens with two attached hydrogens (primary N) is 1. The Morgan fingerprint density at radius 3 is 2.60 bits per heavy atom. The highest BCUT2D eigenvalue weighted by Gasteiger charge is 2.24. The maximum absolute atomic E-state index is 12.1. The van der Waals surface area contributed by atoms with Crippen molar-refractivity contribution in [2.75, 3.05) is 19.6 Å². The van der Waals surface area contributed by atoms with Crippen molar-refractivity contribution in [3.8, 4) is 0 Å². The fourth-order valence-corrected chi connectivity index (χ4v) is 2.84. The van der Waals surface area contributed by atoms with E-state index in [0.29, 0.717) is 18.4 Å². The Morgan fingerprint density at radius 1 is 1.30 bits per heavy atom. The van der Waals surface area contributed by atoms with Crippen LogP contribution in [0.2, 0.25) is 0 Å². The van der Waals surface area contributed by atoms with E-state index in [1.165, 1.54) is 6.42 Å². The first-order valence-corrected chi connectivity index (χ1v) is 8.15. The molecule has 118 valence electrons. The van der Waals surface area contributed by atoms with Gasteiger partial charge in [0.15, 0.2) is 0 Å². The second kappa shape index (κ2) is 8.63. The second-order valence-electron chi connectivity index (χ2n) is 6.94. The number of nitrogens with zero attached hydrogens (tertiary/aromatic N) is 1. The quantitative estimate of drug-likeness (QED) is 0.751. The summed E-state index contributed by atoms with van der Waals surface area (Å²) in [5, 5.41) is 3.11. The van der Waals surface area contributed by atoms with Crippen LogP contribution in [-0.2, 0) is 4.79 Å². The lowest BCUT2D eigenvalue weighted by molar-refractivity contribution is -0.123. The highest BCUT2D eigenvalue weighted by Crippen LogP contribution is 2.18. The third kappa shape index (κ3) is 6.71. The van der Waals surface area contributed by atoms with Crippen LogP contribution >= 0.6 is 0 Å². The molecule has 4 heteroatoms. The second-order valence-corrected chi connectivity index (χ2v) is 6.94. The molecule has 0 saturated carbocycles. The summed E-state index contributed by atoms with van der Waals surface area (Å²) in [6.45, 7) is 11.1. The molecule has 0 aliphatic carbocycles. The van der Waals surface area contributed by atoms with Gasteiger partial charge in [-0.3, -0.25) is 9.69 Å². The fourth-order valence-electron chi connectivity index (χ4n) is 2.84. The number of piperidine rings is 1. The number of likely N-dealkylation sites (tertiary alicyclic amines) is 1. The van der Waals surface area contributed by atoms with Gasteiger partial charge in [0.05, 0.1) is 6.54 Å². The summed E-state index contributed by atoms with van der Waals surface area (Å²) in [4.78, 5) is 14.3. The lowest BCUT2D eigenvalue weighted by Crippen LogP contribution is -2.47. The van der Waals surface area contributed by atoms with E-state index < -0.39 is 0 Å². The largest absolute Gasteiger partial charge is 0.353 e. The summed E-state index contributed by atoms with van der Waals surface area (Å²) in [7, 11) is 0. The molecule has 3 unspecified atom stereocenters. The van der Waals surface area contributed by atoms with Crippen LogP contribution in [-0.4, -0.2) is 42.5 Å². The van der Waals surface area contributed by atoms with E-state index in [2.05, 4.69) is 37.9 Å². The smallest absolute Gasteiger partial charge is 0.234 e. The third-order valence-corrected chi connectivity index (χ3v) is 4.24. The minimum atomic E-state index is 0.159. The van der Waals surface area contributed by atoms with Crippen LogP contribution in [0.5, 0.6) is 0 Å². The van der Waals surface area contributed by atoms with E-state index >= 15 is 0 Å². The summed E-state index contributed by atoms with van der Waals surface area (Å²) >= 11 is 0. The molecule has 1 aliphatic rings. The zero-order chi connectivity index (χ0) is 15.1. The molecule has 0 spiro atoms. The Balaban J connectivity index is 2.27. The van der Waals surface area contributed by atoms with E-state index in [4.69, 9.17) is 5.73 Å². The van der Waals surface area contributed by atoms with E-state index in [1.54, 1.807) is 0 Å². The number of carbonyl (C=O) groups is 1. The molecule has 1 fully saturated rings. The van der Waals surface area contributed by atoms with Crippen molar-refractivity contribution in [1.29, 1.82) is 0 Å². The van der Waals surface area contributed by atoms with Crippen molar-refractivity contribution in [2.24, 2.45) is 17.6 Å². The topological polar surface area (TPSA) is 58.4 Å². The molecular formula is C16H33N3O. The van der Waals surface area contributed by atoms with Crippen LogP contribution in [0.1, 0.15) is 53.4 Å². The Labute approximate surface area is 124 Å². The minimum Gasteiger partial charge on any atom is -0.353 e. The van der Waals surface area contributed by atoms with Crippen LogP contribution < -0.4 is 11.1 Å². The number of hydrogen-bond acceptors (Lipinski definition) is 3. The molecule has 1 saturated heterocycles. The molecule has 1 amide bonds. The van der Waals surface area contributed by atoms with E-state index in [9.17, 15) is 4.79 Å². The Bertz CT molecular complexity index is 291. The molecular weight excluding hydrogens is 250 g/mol. The van der Waals surface area contributed by atoms with Crippen molar-refractivity contribution in [3.63, 3.8) is 0 Å². The van der Waals surface area contributed by atoms with Crippen LogP contribution in [0, 0.1) is 11.8 Å². The Morgan fingerprint density at radius 2 is 2.00 bits per heavy atom. The first kappa shape index (κ1) is 17.4. The SMILES string of the molecule is CC(C)CCC(C)NC(=O)CN1CCCC(C(C)N)C1. The normalized spacial score (nSPS) is 23.6. The predicted molar refractivity (Wildman–Crippen MR) is 84.5 cm³/mol. The molecule has 20 heavy (non-hydrogen) atoms. The number of hydrogen-bond donors (Lipinski definition) is 2. The number of rotatable bonds is 7.